The molecule has 4 nitrogen and oxygen atoms in total. The second-order valence-corrected chi connectivity index (χ2v) is 6.29. The van der Waals surface area contributed by atoms with Crippen molar-refractivity contribution < 1.29 is 18.3 Å². The van der Waals surface area contributed by atoms with Crippen molar-refractivity contribution in [1.82, 2.24) is 5.32 Å². The van der Waals surface area contributed by atoms with E-state index in [0.717, 1.165) is 32.4 Å². The van der Waals surface area contributed by atoms with Gasteiger partial charge in [0, 0.05) is 11.6 Å². The van der Waals surface area contributed by atoms with Gasteiger partial charge in [0.05, 0.1) is 5.02 Å². The number of halogens is 3. The molecule has 7 heteroatoms. The number of alkyl halides is 2. The predicted molar refractivity (Wildman–Crippen MR) is 79.4 cm³/mol. The van der Waals surface area contributed by atoms with Crippen molar-refractivity contribution in [2.45, 2.75) is 25.9 Å². The van der Waals surface area contributed by atoms with Crippen LogP contribution in [0.3, 0.4) is 0 Å². The fraction of sp³-hybridized carbons (Fsp3) is 0.533. The third-order valence-electron chi connectivity index (χ3n) is 4.52. The molecule has 1 atom stereocenters. The molecular weight excluding hydrogens is 314 g/mol. The maximum Gasteiger partial charge on any atom is 0.387 e. The Morgan fingerprint density at radius 1 is 1.41 bits per heavy atom. The van der Waals surface area contributed by atoms with Crippen molar-refractivity contribution >= 4 is 23.2 Å². The van der Waals surface area contributed by atoms with Gasteiger partial charge < -0.3 is 15.4 Å². The zero-order chi connectivity index (χ0) is 15.7. The van der Waals surface area contributed by atoms with E-state index in [1.807, 2.05) is 0 Å². The molecule has 3 rings (SSSR count). The quantitative estimate of drug-likeness (QED) is 0.891. The lowest BCUT2D eigenvalue weighted by Gasteiger charge is -2.23. The van der Waals surface area contributed by atoms with Gasteiger partial charge in [-0.2, -0.15) is 8.78 Å². The molecule has 1 unspecified atom stereocenters. The number of amides is 1. The summed E-state index contributed by atoms with van der Waals surface area (Å²) in [6, 6.07) is 4.27. The van der Waals surface area contributed by atoms with E-state index in [1.165, 1.54) is 18.2 Å². The molecule has 1 aliphatic heterocycles. The first-order valence-corrected chi connectivity index (χ1v) is 7.64. The van der Waals surface area contributed by atoms with Crippen molar-refractivity contribution in [3.63, 3.8) is 0 Å². The summed E-state index contributed by atoms with van der Waals surface area (Å²) in [5, 5.41) is 6.15. The number of benzene rings is 1. The van der Waals surface area contributed by atoms with Crippen molar-refractivity contribution in [1.29, 1.82) is 0 Å². The Bertz CT molecular complexity index is 577. The molecule has 0 bridgehead atoms. The number of ether oxygens (including phenoxy) is 1. The Hall–Kier alpha value is -1.40. The lowest BCUT2D eigenvalue weighted by atomic mass is 9.92. The highest BCUT2D eigenvalue weighted by Crippen LogP contribution is 2.58. The van der Waals surface area contributed by atoms with Crippen molar-refractivity contribution in [2.24, 2.45) is 11.3 Å². The summed E-state index contributed by atoms with van der Waals surface area (Å²) in [4.78, 5) is 12.3. The van der Waals surface area contributed by atoms with Crippen LogP contribution in [0.1, 0.15) is 19.3 Å². The van der Waals surface area contributed by atoms with Gasteiger partial charge in [0.2, 0.25) is 5.91 Å². The SMILES string of the molecule is O=C(Nc1ccc(OC(F)F)c(Cl)c1)C1CC12CCNCC2. The smallest absolute Gasteiger partial charge is 0.387 e. The normalized spacial score (nSPS) is 22.6. The number of hydrogen-bond donors (Lipinski definition) is 2. The number of carbonyl (C=O) groups excluding carboxylic acids is 1. The van der Waals surface area contributed by atoms with E-state index >= 15 is 0 Å². The Labute approximate surface area is 132 Å². The summed E-state index contributed by atoms with van der Waals surface area (Å²) in [5.74, 6) is -0.0956. The predicted octanol–water partition coefficient (Wildman–Crippen LogP) is 3.27. The van der Waals surface area contributed by atoms with Gasteiger partial charge in [-0.05, 0) is 56.0 Å². The second kappa shape index (κ2) is 6.01. The number of nitrogens with one attached hydrogen (secondary N) is 2. The van der Waals surface area contributed by atoms with Crippen LogP contribution in [-0.2, 0) is 4.79 Å². The van der Waals surface area contributed by atoms with Crippen molar-refractivity contribution in [2.75, 3.05) is 18.4 Å². The summed E-state index contributed by atoms with van der Waals surface area (Å²) in [7, 11) is 0. The van der Waals surface area contributed by atoms with Crippen LogP contribution in [0.2, 0.25) is 5.02 Å². The highest BCUT2D eigenvalue weighted by Gasteiger charge is 2.57. The zero-order valence-corrected chi connectivity index (χ0v) is 12.6. The topological polar surface area (TPSA) is 50.4 Å². The van der Waals surface area contributed by atoms with Crippen molar-refractivity contribution in [3.8, 4) is 5.75 Å². The summed E-state index contributed by atoms with van der Waals surface area (Å²) in [6.07, 6.45) is 2.96. The molecule has 0 radical (unpaired) electrons. The van der Waals surface area contributed by atoms with E-state index in [0.29, 0.717) is 5.69 Å². The van der Waals surface area contributed by atoms with Crippen molar-refractivity contribution in [3.05, 3.63) is 23.2 Å². The average molecular weight is 331 g/mol. The molecule has 1 aromatic rings. The summed E-state index contributed by atoms with van der Waals surface area (Å²) in [5.41, 5.74) is 0.644. The number of piperidine rings is 1. The molecule has 1 aliphatic carbocycles. The molecule has 2 N–H and O–H groups in total. The minimum absolute atomic E-state index is 0.0273. The van der Waals surface area contributed by atoms with Crippen LogP contribution in [0.25, 0.3) is 0 Å². The highest BCUT2D eigenvalue weighted by molar-refractivity contribution is 6.32. The minimum atomic E-state index is -2.93. The van der Waals surface area contributed by atoms with Crippen LogP contribution in [0.4, 0.5) is 14.5 Å². The van der Waals surface area contributed by atoms with E-state index in [4.69, 9.17) is 11.6 Å². The number of anilines is 1. The van der Waals surface area contributed by atoms with E-state index in [9.17, 15) is 13.6 Å². The molecule has 1 saturated carbocycles. The van der Waals surface area contributed by atoms with Gasteiger partial charge in [0.1, 0.15) is 5.75 Å². The molecule has 1 saturated heterocycles. The molecule has 2 aliphatic rings. The average Bonchev–Trinajstić information content (AvgIpc) is 3.16. The van der Waals surface area contributed by atoms with Gasteiger partial charge >= 0.3 is 6.61 Å². The first-order valence-electron chi connectivity index (χ1n) is 7.26. The number of rotatable bonds is 4. The molecular formula is C15H17ClF2N2O2. The first-order chi connectivity index (χ1) is 10.5. The Balaban J connectivity index is 1.61. The van der Waals surface area contributed by atoms with Gasteiger partial charge in [-0.3, -0.25) is 4.79 Å². The van der Waals surface area contributed by atoms with Gasteiger partial charge in [-0.15, -0.1) is 0 Å². The van der Waals surface area contributed by atoms with Crippen LogP contribution in [0.15, 0.2) is 18.2 Å². The van der Waals surface area contributed by atoms with Gasteiger partial charge in [-0.25, -0.2) is 0 Å². The summed E-state index contributed by atoms with van der Waals surface area (Å²) in [6.45, 7) is -1.02. The second-order valence-electron chi connectivity index (χ2n) is 5.88. The maximum atomic E-state index is 12.3. The monoisotopic (exact) mass is 330 g/mol. The summed E-state index contributed by atoms with van der Waals surface area (Å²) >= 11 is 5.88. The Morgan fingerprint density at radius 2 is 2.14 bits per heavy atom. The van der Waals surface area contributed by atoms with Gasteiger partial charge in [0.25, 0.3) is 0 Å². The van der Waals surface area contributed by atoms with Gasteiger partial charge in [0.15, 0.2) is 0 Å². The zero-order valence-electron chi connectivity index (χ0n) is 11.9. The van der Waals surface area contributed by atoms with Crippen LogP contribution >= 0.6 is 11.6 Å². The van der Waals surface area contributed by atoms with E-state index in [-0.39, 0.29) is 28.0 Å². The molecule has 22 heavy (non-hydrogen) atoms. The summed E-state index contributed by atoms with van der Waals surface area (Å²) < 4.78 is 28.6. The third kappa shape index (κ3) is 3.17. The van der Waals surface area contributed by atoms with E-state index in [1.54, 1.807) is 0 Å². The third-order valence-corrected chi connectivity index (χ3v) is 4.82. The molecule has 120 valence electrons. The van der Waals surface area contributed by atoms with Crippen LogP contribution in [0, 0.1) is 11.3 Å². The standard InChI is InChI=1S/C15H17ClF2N2O2/c16-11-7-9(1-2-12(11)22-14(17)18)20-13(21)10-8-15(10)3-5-19-6-4-15/h1-2,7,10,14,19H,3-6,8H2,(H,20,21). The Kier molecular flexibility index (Phi) is 4.23. The maximum absolute atomic E-state index is 12.3. The molecule has 1 spiro atoms. The van der Waals surface area contributed by atoms with Gasteiger partial charge in [-0.1, -0.05) is 11.6 Å². The largest absolute Gasteiger partial charge is 0.433 e. The number of carbonyl (C=O) groups is 1. The molecule has 1 amide bonds. The highest BCUT2D eigenvalue weighted by atomic mass is 35.5. The van der Waals surface area contributed by atoms with E-state index in [2.05, 4.69) is 15.4 Å². The molecule has 2 fully saturated rings. The van der Waals surface area contributed by atoms with Crippen LogP contribution < -0.4 is 15.4 Å². The molecule has 0 aromatic heterocycles. The first kappa shape index (κ1) is 15.5. The Morgan fingerprint density at radius 3 is 2.77 bits per heavy atom. The fourth-order valence-corrected chi connectivity index (χ4v) is 3.42. The van der Waals surface area contributed by atoms with Crippen LogP contribution in [0.5, 0.6) is 5.75 Å². The fourth-order valence-electron chi connectivity index (χ4n) is 3.20. The molecule has 1 heterocycles. The lowest BCUT2D eigenvalue weighted by Crippen LogP contribution is -2.31. The number of hydrogen-bond acceptors (Lipinski definition) is 3. The van der Waals surface area contributed by atoms with E-state index < -0.39 is 6.61 Å². The molecule has 1 aromatic carbocycles. The minimum Gasteiger partial charge on any atom is -0.433 e. The van der Waals surface area contributed by atoms with Crippen LogP contribution in [-0.4, -0.2) is 25.6 Å². The lowest BCUT2D eigenvalue weighted by molar-refractivity contribution is -0.118.